The molecule has 0 aliphatic heterocycles. The van der Waals surface area contributed by atoms with Crippen LogP contribution in [0.1, 0.15) is 59.0 Å². The summed E-state index contributed by atoms with van der Waals surface area (Å²) in [5.74, 6) is 0.170. The molecule has 6 nitrogen and oxygen atoms in total. The number of esters is 1. The molecule has 0 saturated heterocycles. The average molecular weight is 503 g/mol. The van der Waals surface area contributed by atoms with Crippen molar-refractivity contribution in [2.24, 2.45) is 0 Å². The zero-order valence-electron chi connectivity index (χ0n) is 18.5. The van der Waals surface area contributed by atoms with E-state index in [9.17, 15) is 4.79 Å². The fraction of sp³-hybridized carbons (Fsp3) is 0.375. The Labute approximate surface area is 208 Å². The third-order valence-corrected chi connectivity index (χ3v) is 7.20. The van der Waals surface area contributed by atoms with Crippen LogP contribution in [0.5, 0.6) is 0 Å². The molecule has 2 heterocycles. The lowest BCUT2D eigenvalue weighted by Gasteiger charge is -2.12. The number of thiophene rings is 1. The van der Waals surface area contributed by atoms with E-state index in [1.807, 2.05) is 37.3 Å². The van der Waals surface area contributed by atoms with Gasteiger partial charge in [0.05, 0.1) is 18.7 Å². The molecule has 0 saturated carbocycles. The molecule has 174 valence electrons. The van der Waals surface area contributed by atoms with Gasteiger partial charge in [-0.05, 0) is 56.0 Å². The Morgan fingerprint density at radius 2 is 1.94 bits per heavy atom. The number of aromatic nitrogens is 2. The molecule has 2 aromatic heterocycles. The van der Waals surface area contributed by atoms with E-state index >= 15 is 0 Å². The molecule has 0 radical (unpaired) electrons. The number of nitrogens with one attached hydrogen (secondary N) is 2. The number of halogens is 1. The highest BCUT2D eigenvalue weighted by molar-refractivity contribution is 7.80. The number of carbonyl (C=O) groups is 1. The van der Waals surface area contributed by atoms with Crippen LogP contribution in [-0.4, -0.2) is 27.5 Å². The van der Waals surface area contributed by atoms with Crippen molar-refractivity contribution < 1.29 is 9.53 Å². The van der Waals surface area contributed by atoms with Crippen LogP contribution in [0, 0.1) is 0 Å². The molecule has 0 spiro atoms. The van der Waals surface area contributed by atoms with Crippen molar-refractivity contribution in [3.05, 3.63) is 63.1 Å². The van der Waals surface area contributed by atoms with Gasteiger partial charge in [-0.3, -0.25) is 4.68 Å². The van der Waals surface area contributed by atoms with Crippen molar-refractivity contribution >= 4 is 57.1 Å². The molecule has 0 amide bonds. The highest BCUT2D eigenvalue weighted by atomic mass is 35.5. The van der Waals surface area contributed by atoms with Crippen molar-refractivity contribution in [2.45, 2.75) is 52.0 Å². The van der Waals surface area contributed by atoms with Gasteiger partial charge in [-0.1, -0.05) is 54.8 Å². The quantitative estimate of drug-likeness (QED) is 0.305. The van der Waals surface area contributed by atoms with Gasteiger partial charge in [-0.2, -0.15) is 5.10 Å². The molecule has 4 rings (SSSR count). The molecular formula is C24H27ClN4O2S2. The SMILES string of the molecule is CCOC(=O)c1c(NC(=S)Nc2nn(Cc3ccccc3)cc2Cl)sc2c1CCCCCC2. The van der Waals surface area contributed by atoms with Crippen molar-refractivity contribution in [3.63, 3.8) is 0 Å². The summed E-state index contributed by atoms with van der Waals surface area (Å²) >= 11 is 13.5. The van der Waals surface area contributed by atoms with E-state index in [1.54, 1.807) is 22.2 Å². The molecule has 1 aliphatic rings. The van der Waals surface area contributed by atoms with Crippen LogP contribution in [0.25, 0.3) is 0 Å². The fourth-order valence-electron chi connectivity index (χ4n) is 4.00. The summed E-state index contributed by atoms with van der Waals surface area (Å²) in [5, 5.41) is 12.3. The molecule has 0 unspecified atom stereocenters. The van der Waals surface area contributed by atoms with Crippen LogP contribution in [0.15, 0.2) is 36.5 Å². The molecule has 9 heteroatoms. The largest absolute Gasteiger partial charge is 0.462 e. The molecule has 1 aliphatic carbocycles. The molecule has 0 fully saturated rings. The number of anilines is 2. The summed E-state index contributed by atoms with van der Waals surface area (Å²) in [6.45, 7) is 2.76. The Balaban J connectivity index is 1.51. The van der Waals surface area contributed by atoms with Crippen molar-refractivity contribution in [1.82, 2.24) is 9.78 Å². The minimum atomic E-state index is -0.300. The van der Waals surface area contributed by atoms with Gasteiger partial charge in [0.15, 0.2) is 10.9 Å². The van der Waals surface area contributed by atoms with Crippen molar-refractivity contribution in [3.8, 4) is 0 Å². The lowest BCUT2D eigenvalue weighted by atomic mass is 9.96. The number of benzene rings is 1. The van der Waals surface area contributed by atoms with Crippen LogP contribution < -0.4 is 10.6 Å². The Hall–Kier alpha value is -2.42. The van der Waals surface area contributed by atoms with Gasteiger partial charge in [0.1, 0.15) is 10.0 Å². The topological polar surface area (TPSA) is 68.2 Å². The van der Waals surface area contributed by atoms with Gasteiger partial charge in [-0.15, -0.1) is 11.3 Å². The monoisotopic (exact) mass is 502 g/mol. The zero-order valence-corrected chi connectivity index (χ0v) is 20.9. The second-order valence-electron chi connectivity index (χ2n) is 7.93. The van der Waals surface area contributed by atoms with Crippen molar-refractivity contribution in [2.75, 3.05) is 17.2 Å². The molecule has 0 bridgehead atoms. The highest BCUT2D eigenvalue weighted by Crippen LogP contribution is 2.37. The lowest BCUT2D eigenvalue weighted by Crippen LogP contribution is -2.21. The van der Waals surface area contributed by atoms with E-state index < -0.39 is 0 Å². The highest BCUT2D eigenvalue weighted by Gasteiger charge is 2.26. The number of hydrogen-bond donors (Lipinski definition) is 2. The predicted octanol–water partition coefficient (Wildman–Crippen LogP) is 6.29. The van der Waals surface area contributed by atoms with Gasteiger partial charge < -0.3 is 15.4 Å². The first-order valence-electron chi connectivity index (χ1n) is 11.2. The van der Waals surface area contributed by atoms with E-state index in [1.165, 1.54) is 17.7 Å². The predicted molar refractivity (Wildman–Crippen MR) is 139 cm³/mol. The minimum Gasteiger partial charge on any atom is -0.462 e. The molecule has 0 atom stereocenters. The summed E-state index contributed by atoms with van der Waals surface area (Å²) < 4.78 is 7.14. The summed E-state index contributed by atoms with van der Waals surface area (Å²) in [6, 6.07) is 10.0. The van der Waals surface area contributed by atoms with Gasteiger partial charge >= 0.3 is 5.97 Å². The fourth-order valence-corrected chi connectivity index (χ4v) is 5.74. The zero-order chi connectivity index (χ0) is 23.2. The van der Waals surface area contributed by atoms with Crippen LogP contribution in [0.3, 0.4) is 0 Å². The standard InChI is InChI=1S/C24H27ClN4O2S2/c1-2-31-23(30)20-17-12-8-3-4-9-13-19(17)33-22(20)27-24(32)26-21-18(25)15-29(28-21)14-16-10-6-5-7-11-16/h5-7,10-11,15H,2-4,8-9,12-14H2,1H3,(H2,26,27,28,32). The maximum Gasteiger partial charge on any atom is 0.341 e. The maximum atomic E-state index is 12.8. The second kappa shape index (κ2) is 11.1. The van der Waals surface area contributed by atoms with Crippen molar-refractivity contribution in [1.29, 1.82) is 0 Å². The number of ether oxygens (including phenoxy) is 1. The van der Waals surface area contributed by atoms with E-state index in [-0.39, 0.29) is 5.97 Å². The number of hydrogen-bond acceptors (Lipinski definition) is 5. The third kappa shape index (κ3) is 5.93. The second-order valence-corrected chi connectivity index (χ2v) is 9.85. The van der Waals surface area contributed by atoms with Gasteiger partial charge in [0, 0.05) is 11.1 Å². The van der Waals surface area contributed by atoms with E-state index in [0.29, 0.717) is 34.7 Å². The van der Waals surface area contributed by atoms with Crippen LogP contribution in [-0.2, 0) is 24.1 Å². The number of fused-ring (bicyclic) bond motifs is 1. The summed E-state index contributed by atoms with van der Waals surface area (Å²) in [5.41, 5.74) is 2.84. The Kier molecular flexibility index (Phi) is 8.01. The summed E-state index contributed by atoms with van der Waals surface area (Å²) in [6.07, 6.45) is 8.24. The van der Waals surface area contributed by atoms with Gasteiger partial charge in [0.25, 0.3) is 0 Å². The normalized spacial score (nSPS) is 13.5. The maximum absolute atomic E-state index is 12.8. The molecular weight excluding hydrogens is 476 g/mol. The molecule has 2 N–H and O–H groups in total. The molecule has 33 heavy (non-hydrogen) atoms. The number of aryl methyl sites for hydroxylation is 1. The third-order valence-electron chi connectivity index (χ3n) is 5.51. The van der Waals surface area contributed by atoms with Gasteiger partial charge in [0.2, 0.25) is 0 Å². The smallest absolute Gasteiger partial charge is 0.341 e. The summed E-state index contributed by atoms with van der Waals surface area (Å²) in [4.78, 5) is 14.1. The average Bonchev–Trinajstić information content (AvgIpc) is 3.27. The Morgan fingerprint density at radius 1 is 1.18 bits per heavy atom. The number of rotatable bonds is 6. The minimum absolute atomic E-state index is 0.300. The lowest BCUT2D eigenvalue weighted by molar-refractivity contribution is 0.0526. The van der Waals surface area contributed by atoms with E-state index in [2.05, 4.69) is 15.7 Å². The van der Waals surface area contributed by atoms with E-state index in [4.69, 9.17) is 28.6 Å². The number of carbonyl (C=O) groups excluding carboxylic acids is 1. The van der Waals surface area contributed by atoms with Crippen LogP contribution in [0.2, 0.25) is 5.02 Å². The van der Waals surface area contributed by atoms with E-state index in [0.717, 1.165) is 41.8 Å². The number of nitrogens with zero attached hydrogens (tertiary/aromatic N) is 2. The molecule has 3 aromatic rings. The van der Waals surface area contributed by atoms with Gasteiger partial charge in [-0.25, -0.2) is 4.79 Å². The first-order chi connectivity index (χ1) is 16.0. The summed E-state index contributed by atoms with van der Waals surface area (Å²) in [7, 11) is 0. The first-order valence-corrected chi connectivity index (χ1v) is 12.8. The van der Waals surface area contributed by atoms with Crippen LogP contribution in [0.4, 0.5) is 10.8 Å². The first kappa shape index (κ1) is 23.7. The Bertz CT molecular complexity index is 1130. The number of thiocarbonyl (C=S) groups is 1. The van der Waals surface area contributed by atoms with Crippen LogP contribution >= 0.6 is 35.2 Å². The molecule has 1 aromatic carbocycles. The Morgan fingerprint density at radius 3 is 2.70 bits per heavy atom.